The zero-order valence-electron chi connectivity index (χ0n) is 16.4. The van der Waals surface area contributed by atoms with Gasteiger partial charge in [0, 0.05) is 5.69 Å². The van der Waals surface area contributed by atoms with Crippen molar-refractivity contribution in [3.05, 3.63) is 53.6 Å². The van der Waals surface area contributed by atoms with Crippen LogP contribution in [0.15, 0.2) is 47.4 Å². The first-order chi connectivity index (χ1) is 13.1. The second-order valence-corrected chi connectivity index (χ2v) is 8.85. The first-order valence-corrected chi connectivity index (χ1v) is 10.2. The topological polar surface area (TPSA) is 105 Å². The molecule has 0 aromatic heterocycles. The van der Waals surface area contributed by atoms with Gasteiger partial charge in [-0.05, 0) is 62.2 Å². The van der Waals surface area contributed by atoms with E-state index in [1.54, 1.807) is 57.2 Å². The van der Waals surface area contributed by atoms with Gasteiger partial charge in [-0.25, -0.2) is 8.42 Å². The number of aliphatic hydroxyl groups is 1. The maximum absolute atomic E-state index is 12.6. The van der Waals surface area contributed by atoms with Crippen LogP contribution in [0.25, 0.3) is 0 Å². The van der Waals surface area contributed by atoms with Crippen LogP contribution in [0.3, 0.4) is 0 Å². The lowest BCUT2D eigenvalue weighted by molar-refractivity contribution is -0.122. The fourth-order valence-electron chi connectivity index (χ4n) is 2.60. The summed E-state index contributed by atoms with van der Waals surface area (Å²) in [6.07, 6.45) is 0.133. The van der Waals surface area contributed by atoms with Crippen molar-refractivity contribution in [3.8, 4) is 5.75 Å². The Balaban J connectivity index is 2.08. The molecule has 0 saturated carbocycles. The Hall–Kier alpha value is -2.58. The van der Waals surface area contributed by atoms with E-state index in [-0.39, 0.29) is 23.8 Å². The summed E-state index contributed by atoms with van der Waals surface area (Å²) in [4.78, 5) is 12.2. The zero-order valence-corrected chi connectivity index (χ0v) is 17.3. The highest BCUT2D eigenvalue weighted by atomic mass is 32.2. The summed E-state index contributed by atoms with van der Waals surface area (Å²) in [7, 11) is -2.22. The molecule has 0 unspecified atom stereocenters. The van der Waals surface area contributed by atoms with Gasteiger partial charge in [-0.2, -0.15) is 0 Å². The van der Waals surface area contributed by atoms with E-state index in [0.717, 1.165) is 5.56 Å². The standard InChI is InChI=1S/C20H26N2O5S/c1-14-11-17(27-4)9-10-18(14)28(25,26)22-16-7-5-15(6-8-16)12-19(24)21-20(2,3)13-23/h5-11,22-23H,12-13H2,1-4H3,(H,21,24). The highest BCUT2D eigenvalue weighted by Crippen LogP contribution is 2.23. The molecule has 7 nitrogen and oxygen atoms in total. The first-order valence-electron chi connectivity index (χ1n) is 8.74. The molecule has 0 aliphatic heterocycles. The maximum Gasteiger partial charge on any atom is 0.262 e. The van der Waals surface area contributed by atoms with Crippen LogP contribution in [0.2, 0.25) is 0 Å². The lowest BCUT2D eigenvalue weighted by Crippen LogP contribution is -2.46. The quantitative estimate of drug-likeness (QED) is 0.624. The SMILES string of the molecule is COc1ccc(S(=O)(=O)Nc2ccc(CC(=O)NC(C)(C)CO)cc2)c(C)c1. The van der Waals surface area contributed by atoms with Crippen LogP contribution in [-0.4, -0.2) is 38.7 Å². The van der Waals surface area contributed by atoms with Gasteiger partial charge in [0.25, 0.3) is 10.0 Å². The molecule has 0 saturated heterocycles. The predicted octanol–water partition coefficient (Wildman–Crippen LogP) is 2.23. The molecule has 0 radical (unpaired) electrons. The van der Waals surface area contributed by atoms with E-state index in [1.165, 1.54) is 13.2 Å². The Bertz CT molecular complexity index is 938. The largest absolute Gasteiger partial charge is 0.497 e. The molecule has 0 fully saturated rings. The smallest absolute Gasteiger partial charge is 0.262 e. The molecule has 0 heterocycles. The van der Waals surface area contributed by atoms with Crippen LogP contribution < -0.4 is 14.8 Å². The summed E-state index contributed by atoms with van der Waals surface area (Å²) in [6, 6.07) is 11.3. The van der Waals surface area contributed by atoms with Crippen LogP contribution in [0.1, 0.15) is 25.0 Å². The minimum Gasteiger partial charge on any atom is -0.497 e. The Labute approximate surface area is 165 Å². The molecule has 0 aliphatic carbocycles. The first kappa shape index (κ1) is 21.7. The van der Waals surface area contributed by atoms with E-state index in [2.05, 4.69) is 10.0 Å². The summed E-state index contributed by atoms with van der Waals surface area (Å²) in [5.74, 6) is 0.365. The third-order valence-electron chi connectivity index (χ3n) is 4.12. The molecular formula is C20H26N2O5S. The minimum atomic E-state index is -3.74. The van der Waals surface area contributed by atoms with Crippen LogP contribution in [0, 0.1) is 6.92 Å². The Morgan fingerprint density at radius 2 is 1.79 bits per heavy atom. The van der Waals surface area contributed by atoms with Crippen molar-refractivity contribution < 1.29 is 23.1 Å². The van der Waals surface area contributed by atoms with Gasteiger partial charge in [0.15, 0.2) is 0 Å². The van der Waals surface area contributed by atoms with E-state index in [9.17, 15) is 18.3 Å². The molecule has 28 heavy (non-hydrogen) atoms. The van der Waals surface area contributed by atoms with E-state index in [0.29, 0.717) is 17.0 Å². The molecule has 0 bridgehead atoms. The number of benzene rings is 2. The highest BCUT2D eigenvalue weighted by Gasteiger charge is 2.20. The number of methoxy groups -OCH3 is 1. The van der Waals surface area contributed by atoms with Crippen molar-refractivity contribution >= 4 is 21.6 Å². The van der Waals surface area contributed by atoms with E-state index < -0.39 is 15.6 Å². The summed E-state index contributed by atoms with van der Waals surface area (Å²) >= 11 is 0. The van der Waals surface area contributed by atoms with Crippen molar-refractivity contribution in [2.45, 2.75) is 37.6 Å². The number of aryl methyl sites for hydroxylation is 1. The molecule has 0 spiro atoms. The molecule has 2 rings (SSSR count). The number of amides is 1. The molecule has 8 heteroatoms. The number of anilines is 1. The van der Waals surface area contributed by atoms with Crippen molar-refractivity contribution in [1.82, 2.24) is 5.32 Å². The number of ether oxygens (including phenoxy) is 1. The lowest BCUT2D eigenvalue weighted by atomic mass is 10.1. The van der Waals surface area contributed by atoms with Gasteiger partial charge in [0.2, 0.25) is 5.91 Å². The average molecular weight is 407 g/mol. The van der Waals surface area contributed by atoms with Crippen molar-refractivity contribution in [1.29, 1.82) is 0 Å². The Kier molecular flexibility index (Phi) is 6.69. The van der Waals surface area contributed by atoms with Gasteiger partial charge < -0.3 is 15.2 Å². The van der Waals surface area contributed by atoms with Gasteiger partial charge in [-0.15, -0.1) is 0 Å². The molecule has 2 aromatic carbocycles. The lowest BCUT2D eigenvalue weighted by Gasteiger charge is -2.23. The maximum atomic E-state index is 12.6. The van der Waals surface area contributed by atoms with Crippen LogP contribution >= 0.6 is 0 Å². The molecule has 2 aromatic rings. The zero-order chi connectivity index (χ0) is 20.9. The third-order valence-corrected chi connectivity index (χ3v) is 5.66. The monoisotopic (exact) mass is 406 g/mol. The molecule has 152 valence electrons. The summed E-state index contributed by atoms with van der Waals surface area (Å²) in [5, 5.41) is 11.9. The molecule has 1 amide bonds. The number of hydrogen-bond donors (Lipinski definition) is 3. The second-order valence-electron chi connectivity index (χ2n) is 7.20. The van der Waals surface area contributed by atoms with Crippen molar-refractivity contribution in [2.24, 2.45) is 0 Å². The van der Waals surface area contributed by atoms with Gasteiger partial charge in [0.1, 0.15) is 5.75 Å². The molecule has 3 N–H and O–H groups in total. The number of hydrogen-bond acceptors (Lipinski definition) is 5. The summed E-state index contributed by atoms with van der Waals surface area (Å²) < 4.78 is 32.9. The summed E-state index contributed by atoms with van der Waals surface area (Å²) in [6.45, 7) is 4.99. The number of carbonyl (C=O) groups excluding carboxylic acids is 1. The normalized spacial score (nSPS) is 11.8. The minimum absolute atomic E-state index is 0.133. The van der Waals surface area contributed by atoms with Gasteiger partial charge in [-0.3, -0.25) is 9.52 Å². The van der Waals surface area contributed by atoms with Crippen molar-refractivity contribution in [2.75, 3.05) is 18.4 Å². The number of nitrogens with one attached hydrogen (secondary N) is 2. The third kappa shape index (κ3) is 5.71. The number of carbonyl (C=O) groups is 1. The molecule has 0 aliphatic rings. The fourth-order valence-corrected chi connectivity index (χ4v) is 3.88. The van der Waals surface area contributed by atoms with E-state index in [1.807, 2.05) is 0 Å². The highest BCUT2D eigenvalue weighted by molar-refractivity contribution is 7.92. The predicted molar refractivity (Wildman–Crippen MR) is 108 cm³/mol. The Morgan fingerprint density at radius 3 is 2.32 bits per heavy atom. The summed E-state index contributed by atoms with van der Waals surface area (Å²) in [5.41, 5.74) is 1.01. The Morgan fingerprint density at radius 1 is 1.14 bits per heavy atom. The molecular weight excluding hydrogens is 380 g/mol. The average Bonchev–Trinajstić information content (AvgIpc) is 2.62. The van der Waals surface area contributed by atoms with Gasteiger partial charge in [-0.1, -0.05) is 12.1 Å². The van der Waals surface area contributed by atoms with E-state index in [4.69, 9.17) is 4.74 Å². The van der Waals surface area contributed by atoms with Crippen molar-refractivity contribution in [3.63, 3.8) is 0 Å². The van der Waals surface area contributed by atoms with Gasteiger partial charge in [0.05, 0.1) is 30.6 Å². The van der Waals surface area contributed by atoms with Crippen LogP contribution in [0.5, 0.6) is 5.75 Å². The van der Waals surface area contributed by atoms with Gasteiger partial charge >= 0.3 is 0 Å². The fraction of sp³-hybridized carbons (Fsp3) is 0.350. The van der Waals surface area contributed by atoms with Crippen LogP contribution in [0.4, 0.5) is 5.69 Å². The second kappa shape index (κ2) is 8.62. The van der Waals surface area contributed by atoms with Crippen LogP contribution in [-0.2, 0) is 21.2 Å². The number of rotatable bonds is 8. The van der Waals surface area contributed by atoms with E-state index >= 15 is 0 Å². The number of sulfonamides is 1. The number of aliphatic hydroxyl groups excluding tert-OH is 1. The molecule has 0 atom stereocenters.